The molecule has 2 aromatic rings. The van der Waals surface area contributed by atoms with Gasteiger partial charge in [0.2, 0.25) is 0 Å². The van der Waals surface area contributed by atoms with Crippen LogP contribution in [0.1, 0.15) is 11.1 Å². The maximum absolute atomic E-state index is 13.0. The first-order valence-electron chi connectivity index (χ1n) is 6.17. The van der Waals surface area contributed by atoms with Crippen LogP contribution in [0.2, 0.25) is 5.02 Å². The molecule has 2 aromatic carbocycles. The normalized spacial score (nSPS) is 10.8. The van der Waals surface area contributed by atoms with Crippen molar-refractivity contribution in [1.29, 1.82) is 0 Å². The third kappa shape index (κ3) is 4.18. The Balaban J connectivity index is 1.82. The molecule has 5 heteroatoms. The van der Waals surface area contributed by atoms with E-state index in [1.54, 1.807) is 12.1 Å². The second-order valence-electron chi connectivity index (χ2n) is 4.49. The Morgan fingerprint density at radius 3 is 2.35 bits per heavy atom. The predicted octanol–water partition coefficient (Wildman–Crippen LogP) is 3.66. The van der Waals surface area contributed by atoms with Gasteiger partial charge in [-0.05, 0) is 48.4 Å². The minimum absolute atomic E-state index is 0.0469. The molecule has 0 aliphatic heterocycles. The fourth-order valence-corrected chi connectivity index (χ4v) is 2.08. The Kier molecular flexibility index (Phi) is 4.93. The van der Waals surface area contributed by atoms with Gasteiger partial charge in [-0.25, -0.2) is 8.78 Å². The molecule has 0 unspecified atom stereocenters. The van der Waals surface area contributed by atoms with Crippen molar-refractivity contribution >= 4 is 11.6 Å². The average molecular weight is 298 g/mol. The monoisotopic (exact) mass is 297 g/mol. The Bertz CT molecular complexity index is 584. The van der Waals surface area contributed by atoms with E-state index < -0.39 is 11.6 Å². The van der Waals surface area contributed by atoms with E-state index in [0.29, 0.717) is 30.1 Å². The van der Waals surface area contributed by atoms with E-state index in [4.69, 9.17) is 11.6 Å². The summed E-state index contributed by atoms with van der Waals surface area (Å²) in [5.41, 5.74) is 1.54. The van der Waals surface area contributed by atoms with E-state index in [2.05, 4.69) is 5.32 Å². The number of nitrogens with one attached hydrogen (secondary N) is 1. The van der Waals surface area contributed by atoms with Crippen LogP contribution < -0.4 is 5.32 Å². The number of hydrogen-bond donors (Lipinski definition) is 2. The lowest BCUT2D eigenvalue weighted by atomic mass is 10.1. The molecule has 0 bridgehead atoms. The van der Waals surface area contributed by atoms with E-state index in [1.165, 1.54) is 18.2 Å². The highest BCUT2D eigenvalue weighted by atomic mass is 35.5. The number of rotatable bonds is 5. The maximum Gasteiger partial charge on any atom is 0.134 e. The standard InChI is InChI=1S/C15H14ClF2NO/c16-14-7-11(1-2-15(14)20)9-19-4-3-10-5-12(17)8-13(18)6-10/h1-2,5-8,19-20H,3-4,9H2. The van der Waals surface area contributed by atoms with Gasteiger partial charge in [0.15, 0.2) is 0 Å². The molecule has 2 nitrogen and oxygen atoms in total. The van der Waals surface area contributed by atoms with Gasteiger partial charge >= 0.3 is 0 Å². The summed E-state index contributed by atoms with van der Waals surface area (Å²) in [6, 6.07) is 8.46. The first kappa shape index (κ1) is 14.8. The quantitative estimate of drug-likeness (QED) is 0.826. The molecule has 20 heavy (non-hydrogen) atoms. The summed E-state index contributed by atoms with van der Waals surface area (Å²) in [5.74, 6) is -1.08. The summed E-state index contributed by atoms with van der Waals surface area (Å²) in [5, 5.41) is 12.7. The molecule has 0 spiro atoms. The van der Waals surface area contributed by atoms with Crippen molar-refractivity contribution < 1.29 is 13.9 Å². The van der Waals surface area contributed by atoms with Crippen molar-refractivity contribution in [2.75, 3.05) is 6.54 Å². The molecule has 0 radical (unpaired) electrons. The molecule has 0 heterocycles. The van der Waals surface area contributed by atoms with Crippen LogP contribution in [0.15, 0.2) is 36.4 Å². The molecule has 2 rings (SSSR count). The number of benzene rings is 2. The summed E-state index contributed by atoms with van der Waals surface area (Å²) in [7, 11) is 0. The van der Waals surface area contributed by atoms with Gasteiger partial charge in [-0.3, -0.25) is 0 Å². The third-order valence-corrected chi connectivity index (χ3v) is 3.16. The first-order valence-corrected chi connectivity index (χ1v) is 6.55. The van der Waals surface area contributed by atoms with E-state index in [9.17, 15) is 13.9 Å². The third-order valence-electron chi connectivity index (χ3n) is 2.85. The lowest BCUT2D eigenvalue weighted by molar-refractivity contribution is 0.475. The molecule has 0 aliphatic carbocycles. The first-order chi connectivity index (χ1) is 9.54. The van der Waals surface area contributed by atoms with Gasteiger partial charge in [0.05, 0.1) is 5.02 Å². The molecule has 0 atom stereocenters. The minimum atomic E-state index is -0.565. The molecule has 0 aromatic heterocycles. The number of aromatic hydroxyl groups is 1. The average Bonchev–Trinajstić information content (AvgIpc) is 2.38. The topological polar surface area (TPSA) is 32.3 Å². The van der Waals surface area contributed by atoms with Crippen LogP contribution in [0.4, 0.5) is 8.78 Å². The zero-order valence-corrected chi connectivity index (χ0v) is 11.4. The van der Waals surface area contributed by atoms with Crippen LogP contribution in [0, 0.1) is 11.6 Å². The van der Waals surface area contributed by atoms with Crippen LogP contribution in [0.5, 0.6) is 5.75 Å². The fourth-order valence-electron chi connectivity index (χ4n) is 1.88. The van der Waals surface area contributed by atoms with Crippen molar-refractivity contribution in [2.45, 2.75) is 13.0 Å². The summed E-state index contributed by atoms with van der Waals surface area (Å²) < 4.78 is 26.0. The van der Waals surface area contributed by atoms with Crippen LogP contribution >= 0.6 is 11.6 Å². The Hall–Kier alpha value is -1.65. The van der Waals surface area contributed by atoms with Gasteiger partial charge in [-0.1, -0.05) is 17.7 Å². The van der Waals surface area contributed by atoms with Gasteiger partial charge in [0.25, 0.3) is 0 Å². The number of hydrogen-bond acceptors (Lipinski definition) is 2. The van der Waals surface area contributed by atoms with Crippen molar-refractivity contribution in [1.82, 2.24) is 5.32 Å². The largest absolute Gasteiger partial charge is 0.506 e. The van der Waals surface area contributed by atoms with Crippen LogP contribution in [-0.4, -0.2) is 11.7 Å². The molecular formula is C15H14ClF2NO. The second kappa shape index (κ2) is 6.68. The van der Waals surface area contributed by atoms with E-state index in [0.717, 1.165) is 11.6 Å². The molecule has 0 saturated heterocycles. The zero-order chi connectivity index (χ0) is 14.5. The second-order valence-corrected chi connectivity index (χ2v) is 4.90. The highest BCUT2D eigenvalue weighted by Crippen LogP contribution is 2.23. The Morgan fingerprint density at radius 2 is 1.70 bits per heavy atom. The molecule has 2 N–H and O–H groups in total. The van der Waals surface area contributed by atoms with Crippen molar-refractivity contribution in [2.24, 2.45) is 0 Å². The molecular weight excluding hydrogens is 284 g/mol. The van der Waals surface area contributed by atoms with Crippen molar-refractivity contribution in [3.63, 3.8) is 0 Å². The smallest absolute Gasteiger partial charge is 0.134 e. The summed E-state index contributed by atoms with van der Waals surface area (Å²) in [6.45, 7) is 1.15. The number of halogens is 3. The highest BCUT2D eigenvalue weighted by Gasteiger charge is 2.02. The SMILES string of the molecule is Oc1ccc(CNCCc2cc(F)cc(F)c2)cc1Cl. The summed E-state index contributed by atoms with van der Waals surface area (Å²) in [4.78, 5) is 0. The molecule has 0 fully saturated rings. The van der Waals surface area contributed by atoms with Crippen molar-refractivity contribution in [3.05, 3.63) is 64.2 Å². The van der Waals surface area contributed by atoms with Crippen LogP contribution in [0.25, 0.3) is 0 Å². The molecule has 0 aliphatic rings. The Morgan fingerprint density at radius 1 is 1.00 bits per heavy atom. The number of phenolic OH excluding ortho intramolecular Hbond substituents is 1. The summed E-state index contributed by atoms with van der Waals surface area (Å²) >= 11 is 5.80. The molecule has 106 valence electrons. The maximum atomic E-state index is 13.0. The highest BCUT2D eigenvalue weighted by molar-refractivity contribution is 6.32. The van der Waals surface area contributed by atoms with Gasteiger partial charge < -0.3 is 10.4 Å². The number of phenols is 1. The van der Waals surface area contributed by atoms with E-state index >= 15 is 0 Å². The molecule has 0 saturated carbocycles. The van der Waals surface area contributed by atoms with Gasteiger partial charge in [0.1, 0.15) is 17.4 Å². The van der Waals surface area contributed by atoms with E-state index in [1.807, 2.05) is 0 Å². The Labute approximate surface area is 121 Å². The van der Waals surface area contributed by atoms with Gasteiger partial charge in [0, 0.05) is 12.6 Å². The summed E-state index contributed by atoms with van der Waals surface area (Å²) in [6.07, 6.45) is 0.528. The van der Waals surface area contributed by atoms with Crippen LogP contribution in [0.3, 0.4) is 0 Å². The van der Waals surface area contributed by atoms with Crippen LogP contribution in [-0.2, 0) is 13.0 Å². The van der Waals surface area contributed by atoms with E-state index in [-0.39, 0.29) is 5.75 Å². The minimum Gasteiger partial charge on any atom is -0.506 e. The van der Waals surface area contributed by atoms with Crippen molar-refractivity contribution in [3.8, 4) is 5.75 Å². The van der Waals surface area contributed by atoms with Gasteiger partial charge in [-0.15, -0.1) is 0 Å². The predicted molar refractivity (Wildman–Crippen MR) is 74.9 cm³/mol. The molecule has 0 amide bonds. The lowest BCUT2D eigenvalue weighted by Crippen LogP contribution is -2.16. The zero-order valence-electron chi connectivity index (χ0n) is 10.7. The fraction of sp³-hybridized carbons (Fsp3) is 0.200. The lowest BCUT2D eigenvalue weighted by Gasteiger charge is -2.06. The van der Waals surface area contributed by atoms with Gasteiger partial charge in [-0.2, -0.15) is 0 Å².